The second-order valence-electron chi connectivity index (χ2n) is 6.75. The molecule has 0 aliphatic carbocycles. The van der Waals surface area contributed by atoms with E-state index in [9.17, 15) is 14.9 Å². The number of fused-ring (bicyclic) bond motifs is 1. The monoisotopic (exact) mass is 415 g/mol. The van der Waals surface area contributed by atoms with Crippen molar-refractivity contribution in [2.24, 2.45) is 0 Å². The second kappa shape index (κ2) is 8.19. The summed E-state index contributed by atoms with van der Waals surface area (Å²) in [5.41, 5.74) is 2.88. The molecule has 0 fully saturated rings. The Kier molecular flexibility index (Phi) is 5.28. The number of aromatic nitrogens is 2. The van der Waals surface area contributed by atoms with Gasteiger partial charge in [-0.15, -0.1) is 11.3 Å². The molecule has 8 heteroatoms. The summed E-state index contributed by atoms with van der Waals surface area (Å²) in [7, 11) is 0. The van der Waals surface area contributed by atoms with E-state index >= 15 is 0 Å². The Morgan fingerprint density at radius 1 is 1.13 bits per heavy atom. The minimum Gasteiger partial charge on any atom is -0.320 e. The number of carbonyl (C=O) groups excluding carboxylic acids is 2. The number of carbonyl (C=O) groups is 2. The molecule has 0 bridgehead atoms. The van der Waals surface area contributed by atoms with Gasteiger partial charge in [-0.3, -0.25) is 14.7 Å². The third kappa shape index (κ3) is 4.06. The van der Waals surface area contributed by atoms with Crippen molar-refractivity contribution in [2.75, 3.05) is 10.6 Å². The van der Waals surface area contributed by atoms with Gasteiger partial charge in [0.25, 0.3) is 5.91 Å². The lowest BCUT2D eigenvalue weighted by molar-refractivity contribution is -0.115. The van der Waals surface area contributed by atoms with Crippen LogP contribution in [0.1, 0.15) is 26.4 Å². The fourth-order valence-corrected chi connectivity index (χ4v) is 3.86. The minimum atomic E-state index is -0.329. The van der Waals surface area contributed by atoms with Crippen LogP contribution in [0, 0.1) is 18.3 Å². The Bertz CT molecular complexity index is 1280. The fourth-order valence-electron chi connectivity index (χ4n) is 2.97. The van der Waals surface area contributed by atoms with E-state index in [-0.39, 0.29) is 18.2 Å². The Balaban J connectivity index is 1.49. The summed E-state index contributed by atoms with van der Waals surface area (Å²) in [6.45, 7) is 1.99. The topological polar surface area (TPSA) is 111 Å². The van der Waals surface area contributed by atoms with Crippen molar-refractivity contribution in [3.8, 4) is 6.07 Å². The van der Waals surface area contributed by atoms with Gasteiger partial charge in [0.15, 0.2) is 5.82 Å². The normalized spacial score (nSPS) is 10.5. The molecule has 0 aliphatic heterocycles. The van der Waals surface area contributed by atoms with Gasteiger partial charge in [-0.05, 0) is 30.7 Å². The summed E-state index contributed by atoms with van der Waals surface area (Å²) >= 11 is 1.23. The molecule has 0 spiro atoms. The lowest BCUT2D eigenvalue weighted by atomic mass is 10.1. The van der Waals surface area contributed by atoms with Crippen LogP contribution >= 0.6 is 11.3 Å². The summed E-state index contributed by atoms with van der Waals surface area (Å²) < 4.78 is 0. The number of benzene rings is 2. The van der Waals surface area contributed by atoms with Crippen molar-refractivity contribution in [3.05, 3.63) is 76.2 Å². The molecule has 2 heterocycles. The molecule has 0 unspecified atom stereocenters. The Morgan fingerprint density at radius 3 is 2.67 bits per heavy atom. The van der Waals surface area contributed by atoms with E-state index in [0.717, 1.165) is 11.1 Å². The number of nitriles is 1. The van der Waals surface area contributed by atoms with Crippen molar-refractivity contribution < 1.29 is 9.59 Å². The van der Waals surface area contributed by atoms with Crippen molar-refractivity contribution in [2.45, 2.75) is 13.3 Å². The standard InChI is InChI=1S/C22H17N5O2S/c1-13-6-8-14(9-7-13)10-19(28)25-20-16-11-18(30-22(16)27-26-20)21(29)24-17-5-3-2-4-15(17)12-23/h2-9,11H,10H2,1H3,(H,24,29)(H2,25,26,27,28). The van der Waals surface area contributed by atoms with Crippen LogP contribution in [0.5, 0.6) is 0 Å². The van der Waals surface area contributed by atoms with Gasteiger partial charge in [-0.25, -0.2) is 0 Å². The van der Waals surface area contributed by atoms with Crippen molar-refractivity contribution in [3.63, 3.8) is 0 Å². The average Bonchev–Trinajstić information content (AvgIpc) is 3.32. The maximum atomic E-state index is 12.6. The second-order valence-corrected chi connectivity index (χ2v) is 7.80. The Hall–Kier alpha value is -3.96. The van der Waals surface area contributed by atoms with E-state index in [2.05, 4.69) is 26.9 Å². The van der Waals surface area contributed by atoms with Gasteiger partial charge in [0.05, 0.1) is 27.9 Å². The summed E-state index contributed by atoms with van der Waals surface area (Å²) in [6, 6.07) is 18.3. The number of hydrogen-bond acceptors (Lipinski definition) is 5. The van der Waals surface area contributed by atoms with Crippen molar-refractivity contribution >= 4 is 44.9 Å². The number of rotatable bonds is 5. The predicted octanol–water partition coefficient (Wildman–Crippen LogP) is 4.24. The molecule has 0 saturated heterocycles. The SMILES string of the molecule is Cc1ccc(CC(=O)Nc2n[nH]c3sc(C(=O)Nc4ccccc4C#N)cc23)cc1. The van der Waals surface area contributed by atoms with Crippen LogP contribution in [0.3, 0.4) is 0 Å². The van der Waals surface area contributed by atoms with Crippen LogP contribution in [-0.4, -0.2) is 22.0 Å². The number of anilines is 2. The predicted molar refractivity (Wildman–Crippen MR) is 117 cm³/mol. The summed E-state index contributed by atoms with van der Waals surface area (Å²) in [4.78, 5) is 26.1. The maximum Gasteiger partial charge on any atom is 0.265 e. The number of para-hydroxylation sites is 1. The highest BCUT2D eigenvalue weighted by Gasteiger charge is 2.17. The molecule has 0 saturated carbocycles. The number of aromatic amines is 1. The van der Waals surface area contributed by atoms with Gasteiger partial charge < -0.3 is 10.6 Å². The molecule has 2 aromatic heterocycles. The number of aryl methyl sites for hydroxylation is 1. The molecule has 4 aromatic rings. The molecule has 2 amide bonds. The Morgan fingerprint density at radius 2 is 1.90 bits per heavy atom. The van der Waals surface area contributed by atoms with E-state index in [1.165, 1.54) is 11.3 Å². The zero-order valence-electron chi connectivity index (χ0n) is 16.0. The van der Waals surface area contributed by atoms with E-state index in [4.69, 9.17) is 0 Å². The number of H-pyrrole nitrogens is 1. The molecular formula is C22H17N5O2S. The zero-order valence-corrected chi connectivity index (χ0v) is 16.8. The first-order chi connectivity index (χ1) is 14.5. The van der Waals surface area contributed by atoms with Gasteiger partial charge in [-0.1, -0.05) is 42.0 Å². The smallest absolute Gasteiger partial charge is 0.265 e. The van der Waals surface area contributed by atoms with E-state index in [0.29, 0.717) is 32.2 Å². The molecule has 0 atom stereocenters. The van der Waals surface area contributed by atoms with Gasteiger partial charge in [0, 0.05) is 0 Å². The highest BCUT2D eigenvalue weighted by atomic mass is 32.1. The molecule has 0 aliphatic rings. The quantitative estimate of drug-likeness (QED) is 0.453. The zero-order chi connectivity index (χ0) is 21.1. The largest absolute Gasteiger partial charge is 0.320 e. The first kappa shape index (κ1) is 19.4. The number of nitrogens with one attached hydrogen (secondary N) is 3. The summed E-state index contributed by atoms with van der Waals surface area (Å²) in [5.74, 6) is -0.133. The lowest BCUT2D eigenvalue weighted by Crippen LogP contribution is -2.15. The first-order valence-corrected chi connectivity index (χ1v) is 9.99. The highest BCUT2D eigenvalue weighted by molar-refractivity contribution is 7.20. The van der Waals surface area contributed by atoms with Crippen molar-refractivity contribution in [1.29, 1.82) is 5.26 Å². The maximum absolute atomic E-state index is 12.6. The van der Waals surface area contributed by atoms with E-state index in [1.54, 1.807) is 30.3 Å². The van der Waals surface area contributed by atoms with Crippen LogP contribution < -0.4 is 10.6 Å². The molecule has 30 heavy (non-hydrogen) atoms. The third-order valence-corrected chi connectivity index (χ3v) is 5.56. The van der Waals surface area contributed by atoms with E-state index < -0.39 is 0 Å². The van der Waals surface area contributed by atoms with Gasteiger partial charge in [-0.2, -0.15) is 10.4 Å². The van der Waals surface area contributed by atoms with Gasteiger partial charge in [0.2, 0.25) is 5.91 Å². The van der Waals surface area contributed by atoms with Crippen LogP contribution in [0.2, 0.25) is 0 Å². The molecule has 148 valence electrons. The number of thiophene rings is 1. The summed E-state index contributed by atoms with van der Waals surface area (Å²) in [5, 5.41) is 22.4. The molecule has 2 aromatic carbocycles. The number of amides is 2. The molecule has 3 N–H and O–H groups in total. The molecule has 4 rings (SSSR count). The fraction of sp³-hybridized carbons (Fsp3) is 0.0909. The number of nitrogens with zero attached hydrogens (tertiary/aromatic N) is 2. The minimum absolute atomic E-state index is 0.188. The summed E-state index contributed by atoms with van der Waals surface area (Å²) in [6.07, 6.45) is 0.233. The Labute approximate surface area is 176 Å². The molecule has 7 nitrogen and oxygen atoms in total. The van der Waals surface area contributed by atoms with Crippen LogP contribution in [-0.2, 0) is 11.2 Å². The van der Waals surface area contributed by atoms with Gasteiger partial charge >= 0.3 is 0 Å². The van der Waals surface area contributed by atoms with Crippen molar-refractivity contribution in [1.82, 2.24) is 10.2 Å². The van der Waals surface area contributed by atoms with Crippen LogP contribution in [0.4, 0.5) is 11.5 Å². The van der Waals surface area contributed by atoms with E-state index in [1.807, 2.05) is 31.2 Å². The first-order valence-electron chi connectivity index (χ1n) is 9.17. The van der Waals surface area contributed by atoms with Gasteiger partial charge in [0.1, 0.15) is 10.9 Å². The molecule has 0 radical (unpaired) electrons. The van der Waals surface area contributed by atoms with Crippen LogP contribution in [0.15, 0.2) is 54.6 Å². The lowest BCUT2D eigenvalue weighted by Gasteiger charge is -2.05. The highest BCUT2D eigenvalue weighted by Crippen LogP contribution is 2.30. The molecular weight excluding hydrogens is 398 g/mol. The number of hydrogen-bond donors (Lipinski definition) is 3. The average molecular weight is 415 g/mol. The third-order valence-electron chi connectivity index (χ3n) is 4.52. The van der Waals surface area contributed by atoms with Crippen LogP contribution in [0.25, 0.3) is 10.2 Å².